The van der Waals surface area contributed by atoms with Gasteiger partial charge in [-0.15, -0.1) is 0 Å². The Morgan fingerprint density at radius 1 is 1.63 bits per heavy atom. The molecule has 2 atom stereocenters. The fraction of sp³-hybridized carbons (Fsp3) is 0.643. The first-order valence-electron chi connectivity index (χ1n) is 6.67. The van der Waals surface area contributed by atoms with Gasteiger partial charge in [-0.25, -0.2) is 0 Å². The van der Waals surface area contributed by atoms with Crippen LogP contribution in [0.3, 0.4) is 0 Å². The minimum Gasteiger partial charge on any atom is -0.402 e. The summed E-state index contributed by atoms with van der Waals surface area (Å²) in [6.45, 7) is 0.902. The molecule has 0 aromatic carbocycles. The minimum atomic E-state index is 0.311. The highest BCUT2D eigenvalue weighted by Gasteiger charge is 2.12. The van der Waals surface area contributed by atoms with Crippen molar-refractivity contribution in [2.75, 3.05) is 26.5 Å². The van der Waals surface area contributed by atoms with Crippen molar-refractivity contribution in [1.29, 1.82) is 0 Å². The van der Waals surface area contributed by atoms with Crippen molar-refractivity contribution in [3.05, 3.63) is 23.9 Å². The van der Waals surface area contributed by atoms with Crippen LogP contribution >= 0.6 is 11.8 Å². The number of thioether (sulfide) groups is 1. The Hall–Kier alpha value is -0.940. The molecule has 3 N–H and O–H groups in total. The summed E-state index contributed by atoms with van der Waals surface area (Å²) >= 11 is 1.95. The summed E-state index contributed by atoms with van der Waals surface area (Å²) in [4.78, 5) is 3.88. The van der Waals surface area contributed by atoms with Gasteiger partial charge in [-0.1, -0.05) is 12.2 Å². The van der Waals surface area contributed by atoms with Gasteiger partial charge in [0.05, 0.1) is 12.4 Å². The Balaban J connectivity index is 2.12. The molecule has 0 heterocycles. The molecule has 0 saturated heterocycles. The molecule has 0 spiro atoms. The maximum absolute atomic E-state index is 5.83. The van der Waals surface area contributed by atoms with Gasteiger partial charge in [-0.3, -0.25) is 4.99 Å². The molecule has 0 bridgehead atoms. The molecule has 0 radical (unpaired) electrons. The number of ether oxygens (including phenoxy) is 1. The summed E-state index contributed by atoms with van der Waals surface area (Å²) in [5.41, 5.74) is 6.81. The minimum absolute atomic E-state index is 0.311. The average molecular weight is 283 g/mol. The SMILES string of the molecule is C/N=C/NCCC(CCSC1C=CC=C(N)C1)OC. The average Bonchev–Trinajstić information content (AvgIpc) is 2.41. The molecule has 1 aliphatic carbocycles. The van der Waals surface area contributed by atoms with Gasteiger partial charge in [0.15, 0.2) is 0 Å². The summed E-state index contributed by atoms with van der Waals surface area (Å²) in [7, 11) is 3.54. The number of methoxy groups -OCH3 is 1. The zero-order valence-corrected chi connectivity index (χ0v) is 12.7. The van der Waals surface area contributed by atoms with Crippen LogP contribution in [0.5, 0.6) is 0 Å². The van der Waals surface area contributed by atoms with E-state index in [1.165, 1.54) is 0 Å². The highest BCUT2D eigenvalue weighted by Crippen LogP contribution is 2.23. The van der Waals surface area contributed by atoms with Gasteiger partial charge in [-0.2, -0.15) is 11.8 Å². The number of nitrogens with two attached hydrogens (primary N) is 1. The number of hydrogen-bond acceptors (Lipinski definition) is 4. The van der Waals surface area contributed by atoms with Crippen LogP contribution in [0.2, 0.25) is 0 Å². The summed E-state index contributed by atoms with van der Waals surface area (Å²) in [6.07, 6.45) is 11.3. The Kier molecular flexibility index (Phi) is 8.41. The van der Waals surface area contributed by atoms with Crippen LogP contribution in [0.4, 0.5) is 0 Å². The Labute approximate surface area is 120 Å². The normalized spacial score (nSPS) is 20.5. The van der Waals surface area contributed by atoms with Crippen molar-refractivity contribution in [1.82, 2.24) is 5.32 Å². The van der Waals surface area contributed by atoms with E-state index < -0.39 is 0 Å². The molecule has 1 rings (SSSR count). The Morgan fingerprint density at radius 3 is 3.16 bits per heavy atom. The van der Waals surface area contributed by atoms with E-state index >= 15 is 0 Å². The third-order valence-corrected chi connectivity index (χ3v) is 4.23. The van der Waals surface area contributed by atoms with Gasteiger partial charge in [0.1, 0.15) is 0 Å². The van der Waals surface area contributed by atoms with Gasteiger partial charge in [0, 0.05) is 38.1 Å². The van der Waals surface area contributed by atoms with E-state index in [9.17, 15) is 0 Å². The smallest absolute Gasteiger partial charge is 0.0820 e. The van der Waals surface area contributed by atoms with E-state index in [1.54, 1.807) is 20.5 Å². The van der Waals surface area contributed by atoms with Crippen molar-refractivity contribution in [3.8, 4) is 0 Å². The van der Waals surface area contributed by atoms with Crippen molar-refractivity contribution >= 4 is 18.1 Å². The Morgan fingerprint density at radius 2 is 2.47 bits per heavy atom. The summed E-state index contributed by atoms with van der Waals surface area (Å²) in [5.74, 6) is 1.10. The largest absolute Gasteiger partial charge is 0.402 e. The molecule has 0 aliphatic heterocycles. The molecule has 0 aromatic rings. The first-order valence-corrected chi connectivity index (χ1v) is 7.72. The van der Waals surface area contributed by atoms with Crippen LogP contribution in [0.25, 0.3) is 0 Å². The molecule has 19 heavy (non-hydrogen) atoms. The maximum Gasteiger partial charge on any atom is 0.0820 e. The third kappa shape index (κ3) is 7.28. The number of hydrogen-bond donors (Lipinski definition) is 2. The highest BCUT2D eigenvalue weighted by molar-refractivity contribution is 8.00. The standard InChI is InChI=1S/C14H25N3OS/c1-16-11-17-8-6-13(18-2)7-9-19-14-5-3-4-12(15)10-14/h3-5,11,13-14H,6-10,15H2,1-2H3,(H,16,17). The first-order chi connectivity index (χ1) is 9.26. The van der Waals surface area contributed by atoms with E-state index in [4.69, 9.17) is 10.5 Å². The molecule has 0 fully saturated rings. The van der Waals surface area contributed by atoms with Crippen LogP contribution < -0.4 is 11.1 Å². The van der Waals surface area contributed by atoms with Crippen LogP contribution in [-0.2, 0) is 4.74 Å². The van der Waals surface area contributed by atoms with Crippen molar-refractivity contribution in [3.63, 3.8) is 0 Å². The van der Waals surface area contributed by atoms with E-state index in [1.807, 2.05) is 17.8 Å². The van der Waals surface area contributed by atoms with Gasteiger partial charge < -0.3 is 15.8 Å². The predicted octanol–water partition coefficient (Wildman–Crippen LogP) is 1.93. The molecule has 4 nitrogen and oxygen atoms in total. The van der Waals surface area contributed by atoms with E-state index in [-0.39, 0.29) is 0 Å². The molecule has 1 aliphatic rings. The fourth-order valence-electron chi connectivity index (χ4n) is 1.92. The van der Waals surface area contributed by atoms with Gasteiger partial charge in [0.25, 0.3) is 0 Å². The summed E-state index contributed by atoms with van der Waals surface area (Å²) in [6, 6.07) is 0. The van der Waals surface area contributed by atoms with Gasteiger partial charge in [-0.05, 0) is 24.7 Å². The zero-order valence-electron chi connectivity index (χ0n) is 11.8. The van der Waals surface area contributed by atoms with Crippen LogP contribution in [0.1, 0.15) is 19.3 Å². The van der Waals surface area contributed by atoms with Crippen molar-refractivity contribution < 1.29 is 4.74 Å². The predicted molar refractivity (Wildman–Crippen MR) is 84.7 cm³/mol. The lowest BCUT2D eigenvalue weighted by atomic mass is 10.1. The number of nitrogens with zero attached hydrogens (tertiary/aromatic N) is 1. The molecule has 2 unspecified atom stereocenters. The lowest BCUT2D eigenvalue weighted by molar-refractivity contribution is 0.0943. The van der Waals surface area contributed by atoms with Crippen LogP contribution in [0.15, 0.2) is 28.9 Å². The lowest BCUT2D eigenvalue weighted by Gasteiger charge is -2.18. The molecular formula is C14H25N3OS. The Bertz CT molecular complexity index is 329. The molecule has 0 aromatic heterocycles. The maximum atomic E-state index is 5.83. The van der Waals surface area contributed by atoms with Gasteiger partial charge in [0.2, 0.25) is 0 Å². The van der Waals surface area contributed by atoms with Crippen molar-refractivity contribution in [2.45, 2.75) is 30.6 Å². The zero-order chi connectivity index (χ0) is 13.9. The lowest BCUT2D eigenvalue weighted by Crippen LogP contribution is -2.21. The second-order valence-corrected chi connectivity index (χ2v) is 5.86. The number of rotatable bonds is 9. The molecule has 108 valence electrons. The summed E-state index contributed by atoms with van der Waals surface area (Å²) in [5, 5.41) is 3.65. The second-order valence-electron chi connectivity index (χ2n) is 4.52. The van der Waals surface area contributed by atoms with Crippen molar-refractivity contribution in [2.24, 2.45) is 10.7 Å². The van der Waals surface area contributed by atoms with Crippen LogP contribution in [-0.4, -0.2) is 44.1 Å². The van der Waals surface area contributed by atoms with E-state index in [0.29, 0.717) is 11.4 Å². The molecule has 5 heteroatoms. The van der Waals surface area contributed by atoms with E-state index in [0.717, 1.165) is 37.3 Å². The van der Waals surface area contributed by atoms with Crippen LogP contribution in [0, 0.1) is 0 Å². The first kappa shape index (κ1) is 16.1. The van der Waals surface area contributed by atoms with Gasteiger partial charge >= 0.3 is 0 Å². The second kappa shape index (κ2) is 9.92. The molecular weight excluding hydrogens is 258 g/mol. The quantitative estimate of drug-likeness (QED) is 0.386. The highest BCUT2D eigenvalue weighted by atomic mass is 32.2. The topological polar surface area (TPSA) is 59.6 Å². The number of aliphatic imine (C=N–C) groups is 1. The third-order valence-electron chi connectivity index (χ3n) is 3.01. The number of allylic oxidation sites excluding steroid dienone is 3. The summed E-state index contributed by atoms with van der Waals surface area (Å²) < 4.78 is 5.49. The monoisotopic (exact) mass is 283 g/mol. The fourth-order valence-corrected chi connectivity index (χ4v) is 3.13. The van der Waals surface area contributed by atoms with E-state index in [2.05, 4.69) is 22.5 Å². The molecule has 0 amide bonds. The number of nitrogens with one attached hydrogen (secondary N) is 1. The molecule has 0 saturated carbocycles.